The first-order chi connectivity index (χ1) is 12.6. The van der Waals surface area contributed by atoms with E-state index in [1.165, 1.54) is 54.3 Å². The molecule has 0 aromatic carbocycles. The van der Waals surface area contributed by atoms with Crippen LogP contribution in [0.1, 0.15) is 34.7 Å². The molecular weight excluding hydrogens is 342 g/mol. The third kappa shape index (κ3) is 4.19. The number of thiophene rings is 1. The second-order valence-corrected chi connectivity index (χ2v) is 9.35. The molecule has 5 rings (SSSR count). The molecule has 0 spiro atoms. The SMILES string of the molecule is Cc1[nH]cnc1CN1C[C@H]2CC[C@@H](C1)N(Cc1cc(CN(C)C)cs1)C2. The lowest BCUT2D eigenvalue weighted by Crippen LogP contribution is -2.43. The summed E-state index contributed by atoms with van der Waals surface area (Å²) in [6.45, 7) is 8.93. The van der Waals surface area contributed by atoms with Gasteiger partial charge in [-0.3, -0.25) is 9.80 Å². The van der Waals surface area contributed by atoms with Crippen molar-refractivity contribution < 1.29 is 0 Å². The van der Waals surface area contributed by atoms with Gasteiger partial charge in [-0.15, -0.1) is 11.3 Å². The first kappa shape index (κ1) is 18.2. The van der Waals surface area contributed by atoms with Crippen LogP contribution in [0.15, 0.2) is 17.8 Å². The van der Waals surface area contributed by atoms with Crippen LogP contribution in [-0.4, -0.2) is 64.4 Å². The Labute approximate surface area is 161 Å². The monoisotopic (exact) mass is 373 g/mol. The van der Waals surface area contributed by atoms with Gasteiger partial charge >= 0.3 is 0 Å². The van der Waals surface area contributed by atoms with Crippen LogP contribution in [0.4, 0.5) is 0 Å². The smallest absolute Gasteiger partial charge is 0.0925 e. The van der Waals surface area contributed by atoms with E-state index in [4.69, 9.17) is 0 Å². The molecule has 1 N–H and O–H groups in total. The molecule has 142 valence electrons. The van der Waals surface area contributed by atoms with Gasteiger partial charge < -0.3 is 9.88 Å². The lowest BCUT2D eigenvalue weighted by molar-refractivity contribution is 0.124. The van der Waals surface area contributed by atoms with Gasteiger partial charge in [-0.25, -0.2) is 4.98 Å². The molecule has 3 fully saturated rings. The van der Waals surface area contributed by atoms with Crippen LogP contribution in [0, 0.1) is 12.8 Å². The van der Waals surface area contributed by atoms with E-state index < -0.39 is 0 Å². The van der Waals surface area contributed by atoms with Crippen molar-refractivity contribution in [1.29, 1.82) is 0 Å². The second kappa shape index (κ2) is 7.80. The second-order valence-electron chi connectivity index (χ2n) is 8.35. The van der Waals surface area contributed by atoms with E-state index in [1.54, 1.807) is 0 Å². The molecule has 3 aliphatic heterocycles. The number of hydrogen-bond acceptors (Lipinski definition) is 5. The summed E-state index contributed by atoms with van der Waals surface area (Å²) in [5.41, 5.74) is 3.88. The zero-order valence-corrected chi connectivity index (χ0v) is 17.1. The van der Waals surface area contributed by atoms with Crippen LogP contribution in [0.5, 0.6) is 0 Å². The van der Waals surface area contributed by atoms with Gasteiger partial charge in [-0.05, 0) is 56.8 Å². The van der Waals surface area contributed by atoms with E-state index in [9.17, 15) is 0 Å². The van der Waals surface area contributed by atoms with E-state index >= 15 is 0 Å². The maximum absolute atomic E-state index is 4.51. The molecule has 2 aromatic heterocycles. The zero-order chi connectivity index (χ0) is 18.1. The average Bonchev–Trinajstić information content (AvgIpc) is 3.08. The first-order valence-electron chi connectivity index (χ1n) is 9.73. The molecule has 3 aliphatic rings. The van der Waals surface area contributed by atoms with Gasteiger partial charge in [0.25, 0.3) is 0 Å². The summed E-state index contributed by atoms with van der Waals surface area (Å²) in [7, 11) is 4.28. The van der Waals surface area contributed by atoms with Gasteiger partial charge in [0, 0.05) is 55.9 Å². The van der Waals surface area contributed by atoms with Gasteiger partial charge in [-0.1, -0.05) is 0 Å². The molecule has 2 bridgehead atoms. The molecule has 6 heteroatoms. The largest absolute Gasteiger partial charge is 0.348 e. The third-order valence-electron chi connectivity index (χ3n) is 5.78. The fourth-order valence-corrected chi connectivity index (χ4v) is 5.42. The molecule has 2 atom stereocenters. The van der Waals surface area contributed by atoms with Gasteiger partial charge in [0.1, 0.15) is 0 Å². The molecule has 0 unspecified atom stereocenters. The molecule has 0 aliphatic carbocycles. The fraction of sp³-hybridized carbons (Fsp3) is 0.650. The highest BCUT2D eigenvalue weighted by Gasteiger charge is 2.35. The summed E-state index contributed by atoms with van der Waals surface area (Å²) >= 11 is 1.93. The minimum absolute atomic E-state index is 0.687. The molecule has 0 amide bonds. The van der Waals surface area contributed by atoms with Crippen molar-refractivity contribution in [3.8, 4) is 0 Å². The van der Waals surface area contributed by atoms with Gasteiger partial charge in [-0.2, -0.15) is 0 Å². The van der Waals surface area contributed by atoms with Crippen molar-refractivity contribution in [2.45, 2.75) is 45.4 Å². The summed E-state index contributed by atoms with van der Waals surface area (Å²) in [4.78, 5) is 16.9. The number of nitrogens with zero attached hydrogens (tertiary/aromatic N) is 4. The first-order valence-corrected chi connectivity index (χ1v) is 10.6. The Bertz CT molecular complexity index is 721. The molecule has 0 saturated carbocycles. The van der Waals surface area contributed by atoms with Crippen LogP contribution in [0.2, 0.25) is 0 Å². The minimum Gasteiger partial charge on any atom is -0.348 e. The highest BCUT2D eigenvalue weighted by atomic mass is 32.1. The number of hydrogen-bond donors (Lipinski definition) is 1. The van der Waals surface area contributed by atoms with Gasteiger partial charge in [0.05, 0.1) is 12.0 Å². The Morgan fingerprint density at radius 3 is 2.88 bits per heavy atom. The predicted octanol–water partition coefficient (Wildman–Crippen LogP) is 2.94. The molecule has 5 heterocycles. The van der Waals surface area contributed by atoms with Crippen LogP contribution in [-0.2, 0) is 19.6 Å². The normalized spacial score (nSPS) is 24.5. The van der Waals surface area contributed by atoms with Crippen molar-refractivity contribution >= 4 is 11.3 Å². The zero-order valence-electron chi connectivity index (χ0n) is 16.2. The Hall–Kier alpha value is -1.21. The summed E-state index contributed by atoms with van der Waals surface area (Å²) < 4.78 is 0. The van der Waals surface area contributed by atoms with Crippen LogP contribution < -0.4 is 0 Å². The quantitative estimate of drug-likeness (QED) is 0.845. The Morgan fingerprint density at radius 1 is 1.23 bits per heavy atom. The van der Waals surface area contributed by atoms with Crippen LogP contribution >= 0.6 is 11.3 Å². The van der Waals surface area contributed by atoms with Crippen molar-refractivity contribution in [1.82, 2.24) is 24.7 Å². The maximum Gasteiger partial charge on any atom is 0.0925 e. The molecule has 2 aromatic rings. The molecule has 5 nitrogen and oxygen atoms in total. The van der Waals surface area contributed by atoms with Gasteiger partial charge in [0.15, 0.2) is 0 Å². The van der Waals surface area contributed by atoms with E-state index in [-0.39, 0.29) is 0 Å². The van der Waals surface area contributed by atoms with Gasteiger partial charge in [0.2, 0.25) is 0 Å². The number of aromatic amines is 1. The molecule has 0 radical (unpaired) electrons. The fourth-order valence-electron chi connectivity index (χ4n) is 4.51. The standard InChI is InChI=1S/C20H31N5S/c1-15-20(22-14-21-15)12-24-8-16-4-5-18(10-24)25(9-16)11-19-6-17(13-26-19)7-23(2)3/h6,13-14,16,18H,4-5,7-12H2,1-3H3,(H,21,22)/t16-,18+/m1/s1. The lowest BCUT2D eigenvalue weighted by atomic mass is 9.95. The summed E-state index contributed by atoms with van der Waals surface area (Å²) in [6, 6.07) is 3.10. The summed E-state index contributed by atoms with van der Waals surface area (Å²) in [5.74, 6) is 0.800. The highest BCUT2D eigenvalue weighted by molar-refractivity contribution is 7.10. The lowest BCUT2D eigenvalue weighted by Gasteiger charge is -2.35. The number of fused-ring (bicyclic) bond motifs is 4. The number of aromatic nitrogens is 2. The number of nitrogens with one attached hydrogen (secondary N) is 1. The third-order valence-corrected chi connectivity index (χ3v) is 6.75. The van der Waals surface area contributed by atoms with Crippen LogP contribution in [0.25, 0.3) is 0 Å². The minimum atomic E-state index is 0.687. The average molecular weight is 374 g/mol. The van der Waals surface area contributed by atoms with Crippen LogP contribution in [0.3, 0.4) is 0 Å². The Kier molecular flexibility index (Phi) is 5.45. The Balaban J connectivity index is 1.40. The molecule has 26 heavy (non-hydrogen) atoms. The molecule has 3 saturated heterocycles. The van der Waals surface area contributed by atoms with Crippen molar-refractivity contribution in [2.75, 3.05) is 33.7 Å². The predicted molar refractivity (Wildman–Crippen MR) is 107 cm³/mol. The maximum atomic E-state index is 4.51. The number of piperidine rings is 1. The topological polar surface area (TPSA) is 38.4 Å². The van der Waals surface area contributed by atoms with Crippen molar-refractivity contribution in [3.63, 3.8) is 0 Å². The van der Waals surface area contributed by atoms with E-state index in [2.05, 4.69) is 57.1 Å². The molecular formula is C20H31N5S. The number of rotatable bonds is 6. The Morgan fingerprint density at radius 2 is 2.12 bits per heavy atom. The summed E-state index contributed by atoms with van der Waals surface area (Å²) in [5, 5.41) is 2.33. The number of aryl methyl sites for hydroxylation is 1. The van der Waals surface area contributed by atoms with Crippen molar-refractivity contribution in [2.24, 2.45) is 5.92 Å². The van der Waals surface area contributed by atoms with E-state index in [0.717, 1.165) is 25.6 Å². The number of imidazole rings is 1. The van der Waals surface area contributed by atoms with Crippen molar-refractivity contribution in [3.05, 3.63) is 39.6 Å². The summed E-state index contributed by atoms with van der Waals surface area (Å²) in [6.07, 6.45) is 4.55. The van der Waals surface area contributed by atoms with E-state index in [0.29, 0.717) is 6.04 Å². The van der Waals surface area contributed by atoms with E-state index in [1.807, 2.05) is 17.7 Å². The number of H-pyrrole nitrogens is 1. The highest BCUT2D eigenvalue weighted by Crippen LogP contribution is 2.31.